The number of aryl methyl sites for hydroxylation is 1. The van der Waals surface area contributed by atoms with Crippen molar-refractivity contribution in [3.05, 3.63) is 81.3 Å². The van der Waals surface area contributed by atoms with Gasteiger partial charge in [-0.3, -0.25) is 0 Å². The Morgan fingerprint density at radius 2 is 1.43 bits per heavy atom. The average Bonchev–Trinajstić information content (AvgIpc) is 2.46. The molecule has 1 unspecified atom stereocenters. The second-order valence-electron chi connectivity index (χ2n) is 5.02. The van der Waals surface area contributed by atoms with Crippen LogP contribution in [-0.2, 0) is 0 Å². The Hall–Kier alpha value is -1.21. The normalized spacial score (nSPS) is 12.6. The van der Waals surface area contributed by atoms with Gasteiger partial charge in [0.2, 0.25) is 0 Å². The van der Waals surface area contributed by atoms with E-state index in [1.165, 1.54) is 0 Å². The fraction of sp³-hybridized carbons (Fsp3) is 0.111. The van der Waals surface area contributed by atoms with E-state index in [9.17, 15) is 0 Å². The standard InChI is InChI=1S/C18H13Cl3/c1-11-9-10-12-5-2-3-6-13(12)16(11)18(21)17-14(19)7-4-8-15(17)20/h2-10,18H,1H3. The molecule has 0 aliphatic rings. The number of halogens is 3. The van der Waals surface area contributed by atoms with Gasteiger partial charge in [-0.25, -0.2) is 0 Å². The first-order valence-electron chi connectivity index (χ1n) is 6.66. The molecule has 0 amide bonds. The number of alkyl halides is 1. The molecule has 0 bridgehead atoms. The zero-order valence-corrected chi connectivity index (χ0v) is 13.7. The largest absolute Gasteiger partial charge is 0.112 e. The van der Waals surface area contributed by atoms with E-state index in [1.54, 1.807) is 0 Å². The molecule has 0 N–H and O–H groups in total. The molecule has 0 aliphatic heterocycles. The van der Waals surface area contributed by atoms with Crippen LogP contribution >= 0.6 is 34.8 Å². The number of hydrogen-bond donors (Lipinski definition) is 0. The van der Waals surface area contributed by atoms with Crippen molar-refractivity contribution < 1.29 is 0 Å². The van der Waals surface area contributed by atoms with Gasteiger partial charge in [0.05, 0.1) is 5.38 Å². The SMILES string of the molecule is Cc1ccc2ccccc2c1C(Cl)c1c(Cl)cccc1Cl. The van der Waals surface area contributed by atoms with Crippen LogP contribution in [0.2, 0.25) is 10.0 Å². The van der Waals surface area contributed by atoms with E-state index >= 15 is 0 Å². The summed E-state index contributed by atoms with van der Waals surface area (Å²) in [5.74, 6) is 0. The lowest BCUT2D eigenvalue weighted by molar-refractivity contribution is 1.13. The lowest BCUT2D eigenvalue weighted by Crippen LogP contribution is -1.99. The molecule has 0 fully saturated rings. The smallest absolute Gasteiger partial charge is 0.0872 e. The van der Waals surface area contributed by atoms with Gasteiger partial charge >= 0.3 is 0 Å². The molecular weight excluding hydrogens is 323 g/mol. The van der Waals surface area contributed by atoms with Crippen molar-refractivity contribution in [3.8, 4) is 0 Å². The Kier molecular flexibility index (Phi) is 4.12. The van der Waals surface area contributed by atoms with Gasteiger partial charge in [-0.2, -0.15) is 0 Å². The molecule has 3 rings (SSSR count). The lowest BCUT2D eigenvalue weighted by Gasteiger charge is -2.18. The van der Waals surface area contributed by atoms with E-state index in [4.69, 9.17) is 34.8 Å². The van der Waals surface area contributed by atoms with Gasteiger partial charge < -0.3 is 0 Å². The van der Waals surface area contributed by atoms with Gasteiger partial charge in [0.25, 0.3) is 0 Å². The monoisotopic (exact) mass is 334 g/mol. The van der Waals surface area contributed by atoms with Crippen molar-refractivity contribution in [3.63, 3.8) is 0 Å². The summed E-state index contributed by atoms with van der Waals surface area (Å²) in [7, 11) is 0. The van der Waals surface area contributed by atoms with E-state index in [2.05, 4.69) is 31.2 Å². The predicted octanol–water partition coefficient (Wildman–Crippen LogP) is 6.78. The van der Waals surface area contributed by atoms with Crippen molar-refractivity contribution in [1.82, 2.24) is 0 Å². The molecule has 3 aromatic carbocycles. The van der Waals surface area contributed by atoms with Crippen molar-refractivity contribution in [2.75, 3.05) is 0 Å². The van der Waals surface area contributed by atoms with Crippen LogP contribution < -0.4 is 0 Å². The van der Waals surface area contributed by atoms with Crippen molar-refractivity contribution in [1.29, 1.82) is 0 Å². The minimum Gasteiger partial charge on any atom is -0.112 e. The second kappa shape index (κ2) is 5.88. The van der Waals surface area contributed by atoms with Crippen LogP contribution in [-0.4, -0.2) is 0 Å². The minimum atomic E-state index is -0.378. The van der Waals surface area contributed by atoms with Crippen molar-refractivity contribution in [2.45, 2.75) is 12.3 Å². The Morgan fingerprint density at radius 1 is 0.762 bits per heavy atom. The van der Waals surface area contributed by atoms with Crippen LogP contribution in [0.15, 0.2) is 54.6 Å². The van der Waals surface area contributed by atoms with Gasteiger partial charge in [-0.05, 0) is 41.0 Å². The number of rotatable bonds is 2. The Balaban J connectivity index is 2.27. The molecule has 0 radical (unpaired) electrons. The molecule has 0 saturated carbocycles. The highest BCUT2D eigenvalue weighted by Crippen LogP contribution is 2.42. The van der Waals surface area contributed by atoms with Gasteiger partial charge in [0, 0.05) is 15.6 Å². The van der Waals surface area contributed by atoms with Crippen LogP contribution in [0.1, 0.15) is 22.1 Å². The van der Waals surface area contributed by atoms with Crippen molar-refractivity contribution in [2.24, 2.45) is 0 Å². The average molecular weight is 336 g/mol. The third kappa shape index (κ3) is 2.64. The number of hydrogen-bond acceptors (Lipinski definition) is 0. The summed E-state index contributed by atoms with van der Waals surface area (Å²) >= 11 is 19.4. The minimum absolute atomic E-state index is 0.378. The molecule has 0 aliphatic carbocycles. The maximum Gasteiger partial charge on any atom is 0.0872 e. The Bertz CT molecular complexity index is 788. The highest BCUT2D eigenvalue weighted by molar-refractivity contribution is 6.38. The van der Waals surface area contributed by atoms with Crippen molar-refractivity contribution >= 4 is 45.6 Å². The van der Waals surface area contributed by atoms with Gasteiger partial charge in [-0.15, -0.1) is 11.6 Å². The van der Waals surface area contributed by atoms with Crippen LogP contribution in [0, 0.1) is 6.92 Å². The maximum absolute atomic E-state index is 6.76. The zero-order valence-electron chi connectivity index (χ0n) is 11.4. The molecule has 1 atom stereocenters. The molecule has 0 heterocycles. The van der Waals surface area contributed by atoms with E-state index in [0.29, 0.717) is 10.0 Å². The predicted molar refractivity (Wildman–Crippen MR) is 92.8 cm³/mol. The van der Waals surface area contributed by atoms with E-state index in [1.807, 2.05) is 30.3 Å². The summed E-state index contributed by atoms with van der Waals surface area (Å²) in [6, 6.07) is 17.8. The summed E-state index contributed by atoms with van der Waals surface area (Å²) in [6.07, 6.45) is 0. The highest BCUT2D eigenvalue weighted by Gasteiger charge is 2.21. The first kappa shape index (κ1) is 14.7. The number of fused-ring (bicyclic) bond motifs is 1. The summed E-state index contributed by atoms with van der Waals surface area (Å²) in [5, 5.41) is 3.10. The first-order chi connectivity index (χ1) is 10.1. The Labute approximate surface area is 139 Å². The molecule has 21 heavy (non-hydrogen) atoms. The summed E-state index contributed by atoms with van der Waals surface area (Å²) in [5.41, 5.74) is 2.96. The molecular formula is C18H13Cl3. The molecule has 0 aromatic heterocycles. The molecule has 0 saturated heterocycles. The topological polar surface area (TPSA) is 0 Å². The fourth-order valence-electron chi connectivity index (χ4n) is 2.64. The third-order valence-corrected chi connectivity index (χ3v) is 4.79. The number of benzene rings is 3. The highest BCUT2D eigenvalue weighted by atomic mass is 35.5. The molecule has 0 nitrogen and oxygen atoms in total. The zero-order chi connectivity index (χ0) is 15.0. The summed E-state index contributed by atoms with van der Waals surface area (Å²) in [6.45, 7) is 2.06. The molecule has 3 aromatic rings. The molecule has 106 valence electrons. The van der Waals surface area contributed by atoms with Gasteiger partial charge in [0.15, 0.2) is 0 Å². The summed E-state index contributed by atoms with van der Waals surface area (Å²) in [4.78, 5) is 0. The maximum atomic E-state index is 6.76. The van der Waals surface area contributed by atoms with E-state index in [-0.39, 0.29) is 5.38 Å². The Morgan fingerprint density at radius 3 is 2.14 bits per heavy atom. The van der Waals surface area contributed by atoms with Crippen LogP contribution in [0.4, 0.5) is 0 Å². The van der Waals surface area contributed by atoms with E-state index in [0.717, 1.165) is 27.5 Å². The van der Waals surface area contributed by atoms with Crippen LogP contribution in [0.3, 0.4) is 0 Å². The third-order valence-electron chi connectivity index (χ3n) is 3.70. The molecule has 3 heteroatoms. The lowest BCUT2D eigenvalue weighted by atomic mass is 9.94. The quantitative estimate of drug-likeness (QED) is 0.453. The molecule has 0 spiro atoms. The fourth-order valence-corrected chi connectivity index (χ4v) is 3.89. The summed E-state index contributed by atoms with van der Waals surface area (Å²) < 4.78 is 0. The second-order valence-corrected chi connectivity index (χ2v) is 6.27. The van der Waals surface area contributed by atoms with Gasteiger partial charge in [-0.1, -0.05) is 65.7 Å². The van der Waals surface area contributed by atoms with Crippen LogP contribution in [0.25, 0.3) is 10.8 Å². The van der Waals surface area contributed by atoms with Gasteiger partial charge in [0.1, 0.15) is 0 Å². The first-order valence-corrected chi connectivity index (χ1v) is 7.85. The van der Waals surface area contributed by atoms with E-state index < -0.39 is 0 Å². The van der Waals surface area contributed by atoms with Crippen LogP contribution in [0.5, 0.6) is 0 Å².